The van der Waals surface area contributed by atoms with E-state index in [4.69, 9.17) is 0 Å². The number of pyridine rings is 2. The first-order valence-corrected chi connectivity index (χ1v) is 7.04. The highest BCUT2D eigenvalue weighted by atomic mass is 19.1. The predicted octanol–water partition coefficient (Wildman–Crippen LogP) is 3.45. The van der Waals surface area contributed by atoms with E-state index in [-0.39, 0.29) is 5.82 Å². The Hall–Kier alpha value is -2.69. The van der Waals surface area contributed by atoms with E-state index in [9.17, 15) is 4.39 Å². The summed E-state index contributed by atoms with van der Waals surface area (Å²) in [7, 11) is 3.72. The van der Waals surface area contributed by atoms with Gasteiger partial charge in [0.15, 0.2) is 0 Å². The lowest BCUT2D eigenvalue weighted by atomic mass is 10.1. The monoisotopic (exact) mass is 296 g/mol. The molecule has 22 heavy (non-hydrogen) atoms. The molecule has 1 aromatic carbocycles. The average molecular weight is 296 g/mol. The zero-order valence-corrected chi connectivity index (χ0v) is 12.5. The molecule has 2 heterocycles. The molecule has 0 atom stereocenters. The lowest BCUT2D eigenvalue weighted by Gasteiger charge is -2.17. The van der Waals surface area contributed by atoms with Crippen molar-refractivity contribution in [2.24, 2.45) is 0 Å². The number of nitrogens with zero attached hydrogens (tertiary/aromatic N) is 3. The number of hydrogen-bond acceptors (Lipinski definition) is 4. The van der Waals surface area contributed by atoms with Crippen LogP contribution < -0.4 is 10.2 Å². The fraction of sp³-hybridized carbons (Fsp3) is 0.176. The van der Waals surface area contributed by atoms with Gasteiger partial charge in [0.05, 0.1) is 17.3 Å². The second kappa shape index (κ2) is 5.97. The SMILES string of the molecule is CN(C)c1ncc(NCc2ccncc2)c2cccc(F)c12. The summed E-state index contributed by atoms with van der Waals surface area (Å²) in [6.45, 7) is 0.636. The normalized spacial score (nSPS) is 10.7. The van der Waals surface area contributed by atoms with Crippen molar-refractivity contribution in [2.75, 3.05) is 24.3 Å². The molecule has 0 saturated carbocycles. The Balaban J connectivity index is 2.01. The van der Waals surface area contributed by atoms with Crippen LogP contribution in [-0.4, -0.2) is 24.1 Å². The third-order valence-corrected chi connectivity index (χ3v) is 3.50. The number of hydrogen-bond donors (Lipinski definition) is 1. The highest BCUT2D eigenvalue weighted by Crippen LogP contribution is 2.31. The molecule has 112 valence electrons. The van der Waals surface area contributed by atoms with Crippen molar-refractivity contribution in [2.45, 2.75) is 6.54 Å². The number of aromatic nitrogens is 2. The molecule has 3 rings (SSSR count). The molecule has 0 unspecified atom stereocenters. The van der Waals surface area contributed by atoms with Crippen LogP contribution in [0.5, 0.6) is 0 Å². The lowest BCUT2D eigenvalue weighted by Crippen LogP contribution is -2.12. The van der Waals surface area contributed by atoms with Crippen LogP contribution in [0.2, 0.25) is 0 Å². The standard InChI is InChI=1S/C17H17FN4/c1-22(2)17-16-13(4-3-5-14(16)18)15(11-21-17)20-10-12-6-8-19-9-7-12/h3-9,11,20H,10H2,1-2H3. The maximum absolute atomic E-state index is 14.2. The first-order chi connectivity index (χ1) is 10.7. The van der Waals surface area contributed by atoms with E-state index < -0.39 is 0 Å². The van der Waals surface area contributed by atoms with Crippen LogP contribution in [-0.2, 0) is 6.54 Å². The molecule has 3 aromatic rings. The first-order valence-electron chi connectivity index (χ1n) is 7.04. The Morgan fingerprint density at radius 3 is 2.64 bits per heavy atom. The van der Waals surface area contributed by atoms with Crippen molar-refractivity contribution in [1.82, 2.24) is 9.97 Å². The van der Waals surface area contributed by atoms with Crippen molar-refractivity contribution in [3.05, 3.63) is 60.3 Å². The lowest BCUT2D eigenvalue weighted by molar-refractivity contribution is 0.639. The molecule has 0 aliphatic rings. The maximum Gasteiger partial charge on any atom is 0.139 e. The molecule has 0 aliphatic carbocycles. The molecule has 0 saturated heterocycles. The third-order valence-electron chi connectivity index (χ3n) is 3.50. The van der Waals surface area contributed by atoms with Crippen molar-refractivity contribution < 1.29 is 4.39 Å². The summed E-state index contributed by atoms with van der Waals surface area (Å²) in [6.07, 6.45) is 5.25. The Kier molecular flexibility index (Phi) is 3.87. The molecule has 2 aromatic heterocycles. The fourth-order valence-electron chi connectivity index (χ4n) is 2.41. The van der Waals surface area contributed by atoms with Crippen LogP contribution in [0.1, 0.15) is 5.56 Å². The van der Waals surface area contributed by atoms with E-state index in [1.807, 2.05) is 37.2 Å². The number of halogens is 1. The van der Waals surface area contributed by atoms with Gasteiger partial charge in [0.2, 0.25) is 0 Å². The molecular weight excluding hydrogens is 279 g/mol. The van der Waals surface area contributed by atoms with Gasteiger partial charge in [-0.05, 0) is 23.8 Å². The van der Waals surface area contributed by atoms with Gasteiger partial charge in [-0.25, -0.2) is 9.37 Å². The quantitative estimate of drug-likeness (QED) is 0.800. The molecule has 0 bridgehead atoms. The Bertz CT molecular complexity index is 787. The van der Waals surface area contributed by atoms with Crippen LogP contribution in [0.15, 0.2) is 48.9 Å². The molecule has 1 N–H and O–H groups in total. The van der Waals surface area contributed by atoms with Gasteiger partial charge in [0, 0.05) is 38.4 Å². The van der Waals surface area contributed by atoms with Gasteiger partial charge >= 0.3 is 0 Å². The van der Waals surface area contributed by atoms with Crippen LogP contribution >= 0.6 is 0 Å². The molecule has 4 nitrogen and oxygen atoms in total. The number of fused-ring (bicyclic) bond motifs is 1. The highest BCUT2D eigenvalue weighted by molar-refractivity contribution is 6.00. The minimum Gasteiger partial charge on any atom is -0.379 e. The van der Waals surface area contributed by atoms with Crippen LogP contribution in [0.25, 0.3) is 10.8 Å². The van der Waals surface area contributed by atoms with Crippen LogP contribution in [0.4, 0.5) is 15.9 Å². The van der Waals surface area contributed by atoms with Crippen LogP contribution in [0, 0.1) is 5.82 Å². The largest absolute Gasteiger partial charge is 0.379 e. The summed E-state index contributed by atoms with van der Waals surface area (Å²) in [6, 6.07) is 8.97. The van der Waals surface area contributed by atoms with E-state index in [1.165, 1.54) is 6.07 Å². The summed E-state index contributed by atoms with van der Waals surface area (Å²) in [5.74, 6) is 0.365. The Morgan fingerprint density at radius 2 is 1.91 bits per heavy atom. The van der Waals surface area contributed by atoms with E-state index in [0.717, 1.165) is 16.6 Å². The van der Waals surface area contributed by atoms with Crippen molar-refractivity contribution in [3.8, 4) is 0 Å². The number of rotatable bonds is 4. The van der Waals surface area contributed by atoms with E-state index in [2.05, 4.69) is 15.3 Å². The summed E-state index contributed by atoms with van der Waals surface area (Å²) in [5.41, 5.74) is 1.92. The van der Waals surface area contributed by atoms with Gasteiger partial charge in [-0.1, -0.05) is 12.1 Å². The van der Waals surface area contributed by atoms with E-state index >= 15 is 0 Å². The number of benzene rings is 1. The Morgan fingerprint density at radius 1 is 1.14 bits per heavy atom. The molecule has 0 amide bonds. The molecule has 5 heteroatoms. The third kappa shape index (κ3) is 2.70. The van der Waals surface area contributed by atoms with Crippen molar-refractivity contribution in [1.29, 1.82) is 0 Å². The minimum absolute atomic E-state index is 0.263. The second-order valence-corrected chi connectivity index (χ2v) is 5.26. The minimum atomic E-state index is -0.263. The predicted molar refractivity (Wildman–Crippen MR) is 87.6 cm³/mol. The summed E-state index contributed by atoms with van der Waals surface area (Å²) in [5, 5.41) is 4.68. The van der Waals surface area contributed by atoms with Gasteiger partial charge in [-0.15, -0.1) is 0 Å². The van der Waals surface area contributed by atoms with Gasteiger partial charge in [-0.2, -0.15) is 0 Å². The van der Waals surface area contributed by atoms with Gasteiger partial charge in [0.1, 0.15) is 11.6 Å². The van der Waals surface area contributed by atoms with Crippen molar-refractivity contribution in [3.63, 3.8) is 0 Å². The molecular formula is C17H17FN4. The smallest absolute Gasteiger partial charge is 0.139 e. The van der Waals surface area contributed by atoms with Crippen molar-refractivity contribution >= 4 is 22.3 Å². The highest BCUT2D eigenvalue weighted by Gasteiger charge is 2.12. The summed E-state index contributed by atoms with van der Waals surface area (Å²) < 4.78 is 14.2. The van der Waals surface area contributed by atoms with Gasteiger partial charge in [-0.3, -0.25) is 4.98 Å². The maximum atomic E-state index is 14.2. The average Bonchev–Trinajstić information content (AvgIpc) is 2.53. The number of anilines is 2. The molecule has 0 aliphatic heterocycles. The zero-order valence-electron chi connectivity index (χ0n) is 12.5. The van der Waals surface area contributed by atoms with E-state index in [0.29, 0.717) is 17.7 Å². The molecule has 0 spiro atoms. The topological polar surface area (TPSA) is 41.1 Å². The molecule has 0 fully saturated rings. The Labute approximate surface area is 128 Å². The second-order valence-electron chi connectivity index (χ2n) is 5.26. The van der Waals surface area contributed by atoms with E-state index in [1.54, 1.807) is 24.7 Å². The molecule has 0 radical (unpaired) electrons. The number of nitrogens with one attached hydrogen (secondary N) is 1. The summed E-state index contributed by atoms with van der Waals surface area (Å²) in [4.78, 5) is 10.2. The first kappa shape index (κ1) is 14.3. The van der Waals surface area contributed by atoms with Gasteiger partial charge < -0.3 is 10.2 Å². The van der Waals surface area contributed by atoms with Crippen LogP contribution in [0.3, 0.4) is 0 Å². The fourth-order valence-corrected chi connectivity index (χ4v) is 2.41. The van der Waals surface area contributed by atoms with Gasteiger partial charge in [0.25, 0.3) is 0 Å². The summed E-state index contributed by atoms with van der Waals surface area (Å²) >= 11 is 0. The zero-order chi connectivity index (χ0) is 15.5.